The topological polar surface area (TPSA) is 41.6 Å². The summed E-state index contributed by atoms with van der Waals surface area (Å²) < 4.78 is 18.6. The van der Waals surface area contributed by atoms with Gasteiger partial charge in [0, 0.05) is 18.6 Å². The summed E-state index contributed by atoms with van der Waals surface area (Å²) in [5, 5.41) is 3.17. The van der Waals surface area contributed by atoms with Crippen LogP contribution in [0.15, 0.2) is 54.6 Å². The van der Waals surface area contributed by atoms with Crippen LogP contribution in [0.4, 0.5) is 9.18 Å². The summed E-state index contributed by atoms with van der Waals surface area (Å²) in [6, 6.07) is 17.5. The standard InChI is InChI=1S/C27H35FN2O2/c28-24-14-12-21(13-15-24)9-6-18-30(25-16-17-25)19-23-10-4-5-11-26(23)29-27(31)32-20-22-7-2-1-3-8-22/h1-3,7-8,12-15,23,25-26H,4-6,9-11,16-20H2,(H,29,31)/t23-,26+/m0/s1. The van der Waals surface area contributed by atoms with Crippen molar-refractivity contribution in [1.29, 1.82) is 0 Å². The van der Waals surface area contributed by atoms with Crippen LogP contribution in [-0.4, -0.2) is 36.2 Å². The van der Waals surface area contributed by atoms with E-state index >= 15 is 0 Å². The van der Waals surface area contributed by atoms with E-state index in [2.05, 4.69) is 10.2 Å². The molecule has 0 heterocycles. The lowest BCUT2D eigenvalue weighted by molar-refractivity contribution is 0.116. The smallest absolute Gasteiger partial charge is 0.407 e. The molecule has 4 nitrogen and oxygen atoms in total. The van der Waals surface area contributed by atoms with Gasteiger partial charge in [-0.15, -0.1) is 0 Å². The van der Waals surface area contributed by atoms with Gasteiger partial charge in [-0.3, -0.25) is 0 Å². The number of amides is 1. The van der Waals surface area contributed by atoms with Crippen LogP contribution in [0.3, 0.4) is 0 Å². The zero-order valence-corrected chi connectivity index (χ0v) is 18.8. The molecule has 0 unspecified atom stereocenters. The third-order valence-electron chi connectivity index (χ3n) is 6.78. The Morgan fingerprint density at radius 3 is 2.47 bits per heavy atom. The van der Waals surface area contributed by atoms with E-state index in [0.717, 1.165) is 50.8 Å². The van der Waals surface area contributed by atoms with E-state index in [1.165, 1.54) is 24.8 Å². The number of nitrogens with zero attached hydrogens (tertiary/aromatic N) is 1. The Morgan fingerprint density at radius 1 is 0.969 bits per heavy atom. The molecule has 2 aromatic rings. The average molecular weight is 439 g/mol. The number of aryl methyl sites for hydroxylation is 1. The van der Waals surface area contributed by atoms with Gasteiger partial charge in [0.15, 0.2) is 0 Å². The van der Waals surface area contributed by atoms with Gasteiger partial charge >= 0.3 is 6.09 Å². The third kappa shape index (κ3) is 7.06. The van der Waals surface area contributed by atoms with Crippen LogP contribution < -0.4 is 5.32 Å². The van der Waals surface area contributed by atoms with Crippen LogP contribution in [-0.2, 0) is 17.8 Å². The molecule has 2 aliphatic rings. The molecule has 1 N–H and O–H groups in total. The lowest BCUT2D eigenvalue weighted by atomic mass is 9.84. The predicted molar refractivity (Wildman–Crippen MR) is 125 cm³/mol. The number of ether oxygens (including phenoxy) is 1. The van der Waals surface area contributed by atoms with Gasteiger partial charge in [0.05, 0.1) is 0 Å². The maximum absolute atomic E-state index is 13.1. The molecule has 1 amide bonds. The zero-order valence-electron chi connectivity index (χ0n) is 18.8. The van der Waals surface area contributed by atoms with E-state index in [1.807, 2.05) is 42.5 Å². The van der Waals surface area contributed by atoms with Crippen molar-refractivity contribution < 1.29 is 13.9 Å². The number of carbonyl (C=O) groups is 1. The highest BCUT2D eigenvalue weighted by Gasteiger charge is 2.34. The number of carbonyl (C=O) groups excluding carboxylic acids is 1. The molecule has 0 bridgehead atoms. The second-order valence-electron chi connectivity index (χ2n) is 9.31. The molecule has 172 valence electrons. The maximum atomic E-state index is 13.1. The first-order valence-corrected chi connectivity index (χ1v) is 12.1. The number of nitrogens with one attached hydrogen (secondary N) is 1. The molecule has 5 heteroatoms. The molecule has 0 spiro atoms. The van der Waals surface area contributed by atoms with Gasteiger partial charge in [0.1, 0.15) is 12.4 Å². The fraction of sp³-hybridized carbons (Fsp3) is 0.519. The Labute approximate surface area is 191 Å². The first kappa shape index (κ1) is 22.8. The monoisotopic (exact) mass is 438 g/mol. The Bertz CT molecular complexity index is 838. The summed E-state index contributed by atoms with van der Waals surface area (Å²) in [5.41, 5.74) is 2.20. The fourth-order valence-corrected chi connectivity index (χ4v) is 4.83. The highest BCUT2D eigenvalue weighted by molar-refractivity contribution is 5.67. The Balaban J connectivity index is 1.25. The lowest BCUT2D eigenvalue weighted by Crippen LogP contribution is -2.47. The molecule has 32 heavy (non-hydrogen) atoms. The molecule has 0 saturated heterocycles. The van der Waals surface area contributed by atoms with Gasteiger partial charge in [-0.05, 0) is 74.2 Å². The number of rotatable bonds is 10. The quantitative estimate of drug-likeness (QED) is 0.517. The van der Waals surface area contributed by atoms with Gasteiger partial charge in [0.25, 0.3) is 0 Å². The minimum absolute atomic E-state index is 0.175. The van der Waals surface area contributed by atoms with Crippen LogP contribution in [0.25, 0.3) is 0 Å². The van der Waals surface area contributed by atoms with E-state index in [1.54, 1.807) is 12.1 Å². The fourth-order valence-electron chi connectivity index (χ4n) is 4.83. The predicted octanol–water partition coefficient (Wildman–Crippen LogP) is 5.71. The van der Waals surface area contributed by atoms with Crippen molar-refractivity contribution in [3.8, 4) is 0 Å². The third-order valence-corrected chi connectivity index (χ3v) is 6.78. The summed E-state index contributed by atoms with van der Waals surface area (Å²) in [6.07, 6.45) is 8.88. The second kappa shape index (κ2) is 11.5. The molecule has 2 saturated carbocycles. The number of hydrogen-bond acceptors (Lipinski definition) is 3. The average Bonchev–Trinajstić information content (AvgIpc) is 3.66. The first-order valence-electron chi connectivity index (χ1n) is 12.1. The number of hydrogen-bond donors (Lipinski definition) is 1. The minimum Gasteiger partial charge on any atom is -0.445 e. The SMILES string of the molecule is O=C(N[C@@H]1CCCC[C@H]1CN(CCCc1ccc(F)cc1)C1CC1)OCc1ccccc1. The summed E-state index contributed by atoms with van der Waals surface area (Å²) in [4.78, 5) is 15.1. The van der Waals surface area contributed by atoms with E-state index in [-0.39, 0.29) is 18.0 Å². The van der Waals surface area contributed by atoms with E-state index < -0.39 is 0 Å². The van der Waals surface area contributed by atoms with Gasteiger partial charge in [-0.25, -0.2) is 9.18 Å². The minimum atomic E-state index is -0.306. The van der Waals surface area contributed by atoms with Crippen LogP contribution in [0.5, 0.6) is 0 Å². The Morgan fingerprint density at radius 2 is 1.72 bits per heavy atom. The second-order valence-corrected chi connectivity index (χ2v) is 9.31. The summed E-state index contributed by atoms with van der Waals surface area (Å²) in [7, 11) is 0. The van der Waals surface area contributed by atoms with Crippen molar-refractivity contribution in [3.05, 3.63) is 71.5 Å². The molecule has 2 aliphatic carbocycles. The number of halogens is 1. The lowest BCUT2D eigenvalue weighted by Gasteiger charge is -2.36. The summed E-state index contributed by atoms with van der Waals surface area (Å²) >= 11 is 0. The first-order chi connectivity index (χ1) is 15.7. The Kier molecular flexibility index (Phi) is 8.16. The normalized spacial score (nSPS) is 20.8. The van der Waals surface area contributed by atoms with Gasteiger partial charge in [0.2, 0.25) is 0 Å². The van der Waals surface area contributed by atoms with Crippen LogP contribution in [0, 0.1) is 11.7 Å². The number of alkyl carbamates (subject to hydrolysis) is 1. The molecule has 0 radical (unpaired) electrons. The zero-order chi connectivity index (χ0) is 22.2. The molecule has 0 aliphatic heterocycles. The Hall–Kier alpha value is -2.40. The highest BCUT2D eigenvalue weighted by atomic mass is 19.1. The van der Waals surface area contributed by atoms with Gasteiger partial charge in [-0.2, -0.15) is 0 Å². The molecule has 2 atom stereocenters. The maximum Gasteiger partial charge on any atom is 0.407 e. The molecule has 2 aromatic carbocycles. The van der Waals surface area contributed by atoms with Crippen molar-refractivity contribution in [3.63, 3.8) is 0 Å². The van der Waals surface area contributed by atoms with E-state index in [0.29, 0.717) is 18.6 Å². The molecule has 2 fully saturated rings. The summed E-state index contributed by atoms with van der Waals surface area (Å²) in [6.45, 7) is 2.41. The van der Waals surface area contributed by atoms with Crippen LogP contribution in [0.2, 0.25) is 0 Å². The largest absolute Gasteiger partial charge is 0.445 e. The van der Waals surface area contributed by atoms with Crippen molar-refractivity contribution in [2.45, 2.75) is 70.1 Å². The van der Waals surface area contributed by atoms with Crippen molar-refractivity contribution in [1.82, 2.24) is 10.2 Å². The van der Waals surface area contributed by atoms with Crippen molar-refractivity contribution >= 4 is 6.09 Å². The van der Waals surface area contributed by atoms with E-state index in [4.69, 9.17) is 4.74 Å². The van der Waals surface area contributed by atoms with Crippen LogP contribution >= 0.6 is 0 Å². The van der Waals surface area contributed by atoms with Crippen molar-refractivity contribution in [2.75, 3.05) is 13.1 Å². The van der Waals surface area contributed by atoms with Crippen molar-refractivity contribution in [2.24, 2.45) is 5.92 Å². The molecular weight excluding hydrogens is 403 g/mol. The van der Waals surface area contributed by atoms with Gasteiger partial charge < -0.3 is 15.0 Å². The van der Waals surface area contributed by atoms with Crippen LogP contribution in [0.1, 0.15) is 56.1 Å². The number of benzene rings is 2. The molecular formula is C27H35FN2O2. The summed E-state index contributed by atoms with van der Waals surface area (Å²) in [5.74, 6) is 0.297. The molecule has 4 rings (SSSR count). The van der Waals surface area contributed by atoms with E-state index in [9.17, 15) is 9.18 Å². The molecule has 0 aromatic heterocycles. The highest BCUT2D eigenvalue weighted by Crippen LogP contribution is 2.32. The van der Waals surface area contributed by atoms with Gasteiger partial charge in [-0.1, -0.05) is 55.3 Å².